The Morgan fingerprint density at radius 2 is 1.91 bits per heavy atom. The third-order valence-corrected chi connectivity index (χ3v) is 5.74. The van der Waals surface area contributed by atoms with Crippen LogP contribution < -0.4 is 0 Å². The van der Waals surface area contributed by atoms with Crippen LogP contribution >= 0.6 is 0 Å². The molecule has 4 heteroatoms. The molecule has 0 N–H and O–H groups in total. The summed E-state index contributed by atoms with van der Waals surface area (Å²) in [5.74, 6) is 0.967. The van der Waals surface area contributed by atoms with Crippen LogP contribution in [0.25, 0.3) is 0 Å². The van der Waals surface area contributed by atoms with E-state index in [1.807, 2.05) is 4.90 Å². The molecule has 3 rings (SSSR count). The van der Waals surface area contributed by atoms with E-state index < -0.39 is 0 Å². The molecule has 0 aromatic heterocycles. The van der Waals surface area contributed by atoms with Gasteiger partial charge in [0.2, 0.25) is 5.91 Å². The molecule has 0 aromatic carbocycles. The lowest BCUT2D eigenvalue weighted by atomic mass is 10.0. The van der Waals surface area contributed by atoms with Crippen molar-refractivity contribution in [2.24, 2.45) is 5.92 Å². The second kappa shape index (κ2) is 7.14. The van der Waals surface area contributed by atoms with Crippen LogP contribution in [-0.2, 0) is 4.79 Å². The second-order valence-corrected chi connectivity index (χ2v) is 7.32. The summed E-state index contributed by atoms with van der Waals surface area (Å²) in [5, 5.41) is 0. The van der Waals surface area contributed by atoms with Crippen molar-refractivity contribution in [3.63, 3.8) is 0 Å². The molecule has 1 amide bonds. The minimum Gasteiger partial charge on any atom is -0.342 e. The largest absolute Gasteiger partial charge is 0.342 e. The lowest BCUT2D eigenvalue weighted by Crippen LogP contribution is -2.43. The summed E-state index contributed by atoms with van der Waals surface area (Å²) in [6, 6.07) is 1.34. The molecule has 0 radical (unpaired) electrons. The number of likely N-dealkylation sites (tertiary alicyclic amines) is 1. The Labute approximate surface area is 135 Å². The normalized spacial score (nSPS) is 34.8. The molecule has 2 fully saturated rings. The Kier molecular flexibility index (Phi) is 5.19. The van der Waals surface area contributed by atoms with Crippen LogP contribution in [0.5, 0.6) is 0 Å². The summed E-state index contributed by atoms with van der Waals surface area (Å²) in [4.78, 5) is 19.0. The van der Waals surface area contributed by atoms with Crippen LogP contribution in [0.3, 0.4) is 0 Å². The van der Waals surface area contributed by atoms with Gasteiger partial charge >= 0.3 is 0 Å². The molecule has 3 aliphatic rings. The van der Waals surface area contributed by atoms with Gasteiger partial charge < -0.3 is 4.90 Å². The van der Waals surface area contributed by atoms with E-state index in [4.69, 9.17) is 0 Å². The Morgan fingerprint density at radius 3 is 2.64 bits per heavy atom. The van der Waals surface area contributed by atoms with E-state index in [2.05, 4.69) is 28.9 Å². The van der Waals surface area contributed by atoms with Crippen LogP contribution in [-0.4, -0.2) is 72.0 Å². The van der Waals surface area contributed by atoms with Gasteiger partial charge in [-0.1, -0.05) is 19.1 Å². The van der Waals surface area contributed by atoms with Crippen molar-refractivity contribution in [1.82, 2.24) is 14.7 Å². The molecule has 1 aliphatic carbocycles. The first-order valence-electron chi connectivity index (χ1n) is 9.05. The van der Waals surface area contributed by atoms with E-state index in [-0.39, 0.29) is 5.91 Å². The maximum absolute atomic E-state index is 11.6. The second-order valence-electron chi connectivity index (χ2n) is 7.32. The van der Waals surface area contributed by atoms with Gasteiger partial charge in [0.1, 0.15) is 0 Å². The van der Waals surface area contributed by atoms with Gasteiger partial charge in [0.15, 0.2) is 0 Å². The summed E-state index contributed by atoms with van der Waals surface area (Å²) >= 11 is 0. The van der Waals surface area contributed by atoms with Crippen LogP contribution in [0.2, 0.25) is 0 Å². The van der Waals surface area contributed by atoms with Crippen LogP contribution in [0.4, 0.5) is 0 Å². The fraction of sp³-hybridized carbons (Fsp3) is 0.833. The zero-order chi connectivity index (χ0) is 15.5. The van der Waals surface area contributed by atoms with Crippen molar-refractivity contribution >= 4 is 5.91 Å². The minimum atomic E-state index is 0.232. The summed E-state index contributed by atoms with van der Waals surface area (Å²) in [6.07, 6.45) is 9.84. The zero-order valence-electron chi connectivity index (χ0n) is 14.2. The third kappa shape index (κ3) is 3.54. The number of nitrogens with zero attached hydrogens (tertiary/aromatic N) is 3. The maximum atomic E-state index is 11.6. The highest BCUT2D eigenvalue weighted by Gasteiger charge is 2.36. The number of carbonyl (C=O) groups is 1. The number of hydrogen-bond acceptors (Lipinski definition) is 3. The molecule has 2 aliphatic heterocycles. The molecule has 0 unspecified atom stereocenters. The minimum absolute atomic E-state index is 0.232. The molecule has 2 heterocycles. The molecule has 2 saturated heterocycles. The molecule has 4 nitrogen and oxygen atoms in total. The van der Waals surface area contributed by atoms with E-state index in [9.17, 15) is 4.79 Å². The molecule has 124 valence electrons. The van der Waals surface area contributed by atoms with E-state index in [1.165, 1.54) is 32.4 Å². The van der Waals surface area contributed by atoms with Gasteiger partial charge in [-0.15, -0.1) is 0 Å². The zero-order valence-corrected chi connectivity index (χ0v) is 14.2. The molecule has 0 aromatic rings. The third-order valence-electron chi connectivity index (χ3n) is 5.74. The van der Waals surface area contributed by atoms with Gasteiger partial charge in [0.05, 0.1) is 0 Å². The van der Waals surface area contributed by atoms with Gasteiger partial charge in [-0.05, 0) is 31.6 Å². The Balaban J connectivity index is 1.58. The lowest BCUT2D eigenvalue weighted by molar-refractivity contribution is -0.128. The molecule has 3 atom stereocenters. The molecule has 0 bridgehead atoms. The van der Waals surface area contributed by atoms with E-state index in [1.54, 1.807) is 6.92 Å². The smallest absolute Gasteiger partial charge is 0.219 e. The van der Waals surface area contributed by atoms with Gasteiger partial charge in [-0.2, -0.15) is 0 Å². The molecule has 22 heavy (non-hydrogen) atoms. The van der Waals surface area contributed by atoms with Crippen LogP contribution in [0.1, 0.15) is 39.5 Å². The SMILES string of the molecule is CC(=O)N1CCCN([C@@H]2CN([C@@H]3C=CCCC3)C[C@H]2C)CC1. The standard InChI is InChI=1S/C18H31N3O/c1-15-13-21(17-7-4-3-5-8-17)14-18(15)20-10-6-9-19(11-12-20)16(2)22/h4,7,15,17-18H,3,5-6,8-14H2,1-2H3/t15-,17-,18-/m1/s1. The average Bonchev–Trinajstić information content (AvgIpc) is 2.75. The fourth-order valence-electron chi connectivity index (χ4n) is 4.42. The van der Waals surface area contributed by atoms with Crippen molar-refractivity contribution in [3.05, 3.63) is 12.2 Å². The lowest BCUT2D eigenvalue weighted by Gasteiger charge is -2.31. The molecular weight excluding hydrogens is 274 g/mol. The summed E-state index contributed by atoms with van der Waals surface area (Å²) in [7, 11) is 0. The van der Waals surface area contributed by atoms with E-state index in [0.717, 1.165) is 38.5 Å². The average molecular weight is 305 g/mol. The predicted octanol–water partition coefficient (Wildman–Crippen LogP) is 1.97. The topological polar surface area (TPSA) is 26.8 Å². The van der Waals surface area contributed by atoms with Gasteiger partial charge in [0.25, 0.3) is 0 Å². The maximum Gasteiger partial charge on any atom is 0.219 e. The number of carbonyl (C=O) groups excluding carboxylic acids is 1. The first kappa shape index (κ1) is 16.0. The fourth-order valence-corrected chi connectivity index (χ4v) is 4.42. The monoisotopic (exact) mass is 305 g/mol. The highest BCUT2D eigenvalue weighted by Crippen LogP contribution is 2.28. The van der Waals surface area contributed by atoms with Crippen molar-refractivity contribution in [2.75, 3.05) is 39.3 Å². The quantitative estimate of drug-likeness (QED) is 0.730. The summed E-state index contributed by atoms with van der Waals surface area (Å²) < 4.78 is 0. The van der Waals surface area contributed by atoms with Crippen LogP contribution in [0.15, 0.2) is 12.2 Å². The first-order valence-corrected chi connectivity index (χ1v) is 9.05. The Morgan fingerprint density at radius 1 is 1.05 bits per heavy atom. The number of hydrogen-bond donors (Lipinski definition) is 0. The van der Waals surface area contributed by atoms with E-state index in [0.29, 0.717) is 12.1 Å². The predicted molar refractivity (Wildman–Crippen MR) is 89.7 cm³/mol. The number of amides is 1. The van der Waals surface area contributed by atoms with Crippen molar-refractivity contribution in [3.8, 4) is 0 Å². The van der Waals surface area contributed by atoms with Crippen molar-refractivity contribution in [1.29, 1.82) is 0 Å². The Bertz CT molecular complexity index is 423. The summed E-state index contributed by atoms with van der Waals surface area (Å²) in [5.41, 5.74) is 0. The Hall–Kier alpha value is -0.870. The van der Waals surface area contributed by atoms with Crippen molar-refractivity contribution < 1.29 is 4.79 Å². The van der Waals surface area contributed by atoms with Gasteiger partial charge in [-0.3, -0.25) is 14.6 Å². The highest BCUT2D eigenvalue weighted by molar-refractivity contribution is 5.73. The number of rotatable bonds is 2. The van der Waals surface area contributed by atoms with Crippen molar-refractivity contribution in [2.45, 2.75) is 51.6 Å². The summed E-state index contributed by atoms with van der Waals surface area (Å²) in [6.45, 7) is 10.6. The van der Waals surface area contributed by atoms with Crippen LogP contribution in [0, 0.1) is 5.92 Å². The first-order chi connectivity index (χ1) is 10.6. The van der Waals surface area contributed by atoms with E-state index >= 15 is 0 Å². The molecule has 0 spiro atoms. The van der Waals surface area contributed by atoms with Gasteiger partial charge in [-0.25, -0.2) is 0 Å². The molecular formula is C18H31N3O. The number of allylic oxidation sites excluding steroid dienone is 1. The molecule has 0 saturated carbocycles. The van der Waals surface area contributed by atoms with Gasteiger partial charge in [0, 0.05) is 58.3 Å². The highest BCUT2D eigenvalue weighted by atomic mass is 16.2.